The molecule has 7 nitrogen and oxygen atoms in total. The first kappa shape index (κ1) is 16.8. The average molecular weight is 342 g/mol. The summed E-state index contributed by atoms with van der Waals surface area (Å²) in [5, 5.41) is 0. The summed E-state index contributed by atoms with van der Waals surface area (Å²) in [6.07, 6.45) is -0.809. The van der Waals surface area contributed by atoms with Crippen molar-refractivity contribution in [2.45, 2.75) is 13.2 Å². The van der Waals surface area contributed by atoms with E-state index in [1.807, 2.05) is 13.0 Å². The lowest BCUT2D eigenvalue weighted by Gasteiger charge is -2.15. The van der Waals surface area contributed by atoms with Crippen molar-refractivity contribution in [3.8, 4) is 11.5 Å². The normalized spacial score (nSPS) is 15.3. The highest BCUT2D eigenvalue weighted by Crippen LogP contribution is 2.40. The van der Waals surface area contributed by atoms with Crippen LogP contribution in [0.5, 0.6) is 11.5 Å². The Labute approximate surface area is 144 Å². The molecule has 1 heterocycles. The van der Waals surface area contributed by atoms with E-state index in [0.29, 0.717) is 22.6 Å². The van der Waals surface area contributed by atoms with Gasteiger partial charge in [-0.05, 0) is 31.2 Å². The molecule has 2 aromatic carbocycles. The summed E-state index contributed by atoms with van der Waals surface area (Å²) in [5.74, 6) is -0.135. The van der Waals surface area contributed by atoms with E-state index in [1.54, 1.807) is 30.3 Å². The van der Waals surface area contributed by atoms with Gasteiger partial charge >= 0.3 is 5.97 Å². The van der Waals surface area contributed by atoms with Gasteiger partial charge in [-0.25, -0.2) is 4.79 Å². The number of amides is 1. The molecule has 0 fully saturated rings. The Bertz CT molecular complexity index is 834. The fourth-order valence-corrected chi connectivity index (χ4v) is 2.70. The van der Waals surface area contributed by atoms with Crippen LogP contribution in [0.15, 0.2) is 36.4 Å². The van der Waals surface area contributed by atoms with Crippen molar-refractivity contribution in [3.05, 3.63) is 58.7 Å². The Kier molecular flexibility index (Phi) is 4.58. The minimum absolute atomic E-state index is 0.282. The van der Waals surface area contributed by atoms with Crippen LogP contribution in [0.2, 0.25) is 0 Å². The summed E-state index contributed by atoms with van der Waals surface area (Å²) in [7, 11) is 2.94. The molecule has 1 amide bonds. The van der Waals surface area contributed by atoms with Gasteiger partial charge < -0.3 is 14.2 Å². The highest BCUT2D eigenvalue weighted by Gasteiger charge is 2.36. The number of rotatable bonds is 5. The molecule has 0 aliphatic carbocycles. The molecule has 3 rings (SSSR count). The Hall–Kier alpha value is -3.06. The number of hydrogen-bond acceptors (Lipinski definition) is 6. The SMILES string of the molecule is COc1ccc2c(c1OC)C(=O)O[C@@H]2NNC(=O)c1cccc(C)c1. The molecular formula is C18H18N2O5. The van der Waals surface area contributed by atoms with Gasteiger partial charge in [0.05, 0.1) is 14.2 Å². The van der Waals surface area contributed by atoms with Crippen LogP contribution in [0.3, 0.4) is 0 Å². The summed E-state index contributed by atoms with van der Waals surface area (Å²) in [4.78, 5) is 24.4. The van der Waals surface area contributed by atoms with Crippen molar-refractivity contribution in [2.24, 2.45) is 0 Å². The minimum atomic E-state index is -0.809. The first-order valence-electron chi connectivity index (χ1n) is 7.63. The van der Waals surface area contributed by atoms with Gasteiger partial charge in [-0.1, -0.05) is 17.7 Å². The first-order chi connectivity index (χ1) is 12.0. The predicted octanol–water partition coefficient (Wildman–Crippen LogP) is 2.12. The van der Waals surface area contributed by atoms with E-state index in [0.717, 1.165) is 5.56 Å². The van der Waals surface area contributed by atoms with Crippen LogP contribution in [0.1, 0.15) is 38.1 Å². The second-order valence-electron chi connectivity index (χ2n) is 5.52. The first-order valence-corrected chi connectivity index (χ1v) is 7.63. The average Bonchev–Trinajstić information content (AvgIpc) is 2.94. The van der Waals surface area contributed by atoms with Gasteiger partial charge in [-0.3, -0.25) is 10.2 Å². The maximum absolute atomic E-state index is 12.2. The highest BCUT2D eigenvalue weighted by molar-refractivity contribution is 5.98. The fourth-order valence-electron chi connectivity index (χ4n) is 2.70. The van der Waals surface area contributed by atoms with Crippen molar-refractivity contribution in [1.82, 2.24) is 10.9 Å². The van der Waals surface area contributed by atoms with Gasteiger partial charge in [0, 0.05) is 11.1 Å². The zero-order valence-electron chi connectivity index (χ0n) is 14.1. The molecule has 130 valence electrons. The number of hydrogen-bond donors (Lipinski definition) is 2. The van der Waals surface area contributed by atoms with Crippen LogP contribution in [0.4, 0.5) is 0 Å². The number of aryl methyl sites for hydroxylation is 1. The van der Waals surface area contributed by atoms with Gasteiger partial charge in [0.2, 0.25) is 0 Å². The number of methoxy groups -OCH3 is 2. The van der Waals surface area contributed by atoms with Crippen LogP contribution in [-0.2, 0) is 4.74 Å². The smallest absolute Gasteiger partial charge is 0.344 e. The number of fused-ring (bicyclic) bond motifs is 1. The van der Waals surface area contributed by atoms with Gasteiger partial charge in [0.15, 0.2) is 17.7 Å². The Morgan fingerprint density at radius 3 is 2.64 bits per heavy atom. The highest BCUT2D eigenvalue weighted by atomic mass is 16.6. The Morgan fingerprint density at radius 2 is 1.96 bits per heavy atom. The zero-order chi connectivity index (χ0) is 18.0. The van der Waals surface area contributed by atoms with Gasteiger partial charge in [0.25, 0.3) is 5.91 Å². The number of nitrogens with one attached hydrogen (secondary N) is 2. The third-order valence-electron chi connectivity index (χ3n) is 3.89. The lowest BCUT2D eigenvalue weighted by atomic mass is 10.1. The van der Waals surface area contributed by atoms with E-state index in [9.17, 15) is 9.59 Å². The summed E-state index contributed by atoms with van der Waals surface area (Å²) < 4.78 is 15.7. The van der Waals surface area contributed by atoms with E-state index < -0.39 is 12.2 Å². The van der Waals surface area contributed by atoms with E-state index in [-0.39, 0.29) is 11.5 Å². The number of cyclic esters (lactones) is 1. The summed E-state index contributed by atoms with van der Waals surface area (Å²) in [5.41, 5.74) is 7.62. The maximum atomic E-state index is 12.2. The molecule has 7 heteroatoms. The summed E-state index contributed by atoms with van der Waals surface area (Å²) in [6.45, 7) is 1.90. The van der Waals surface area contributed by atoms with Gasteiger partial charge in [0.1, 0.15) is 5.56 Å². The molecule has 1 aliphatic rings. The van der Waals surface area contributed by atoms with E-state index >= 15 is 0 Å². The van der Waals surface area contributed by atoms with Gasteiger partial charge in [-0.2, -0.15) is 5.43 Å². The van der Waals surface area contributed by atoms with Crippen LogP contribution in [-0.4, -0.2) is 26.1 Å². The third-order valence-corrected chi connectivity index (χ3v) is 3.89. The zero-order valence-corrected chi connectivity index (χ0v) is 14.1. The molecule has 25 heavy (non-hydrogen) atoms. The number of benzene rings is 2. The molecule has 1 aliphatic heterocycles. The molecule has 0 bridgehead atoms. The third kappa shape index (κ3) is 3.14. The molecule has 2 aromatic rings. The van der Waals surface area contributed by atoms with E-state index in [1.165, 1.54) is 14.2 Å². The van der Waals surface area contributed by atoms with Crippen LogP contribution in [0.25, 0.3) is 0 Å². The standard InChI is InChI=1S/C18H18N2O5/c1-10-5-4-6-11(9-10)16(21)19-20-17-12-7-8-13(23-2)15(24-3)14(12)18(22)25-17/h4-9,17,20H,1-3H3,(H,19,21)/t17-/m0/s1. The van der Waals surface area contributed by atoms with Crippen molar-refractivity contribution in [2.75, 3.05) is 14.2 Å². The van der Waals surface area contributed by atoms with E-state index in [2.05, 4.69) is 10.9 Å². The van der Waals surface area contributed by atoms with Crippen molar-refractivity contribution < 1.29 is 23.8 Å². The molecule has 2 N–H and O–H groups in total. The van der Waals surface area contributed by atoms with Crippen LogP contribution in [0, 0.1) is 6.92 Å². The van der Waals surface area contributed by atoms with E-state index in [4.69, 9.17) is 14.2 Å². The van der Waals surface area contributed by atoms with Crippen LogP contribution >= 0.6 is 0 Å². The molecule has 0 aromatic heterocycles. The topological polar surface area (TPSA) is 85.9 Å². The Morgan fingerprint density at radius 1 is 1.16 bits per heavy atom. The molecule has 0 radical (unpaired) electrons. The molecule has 0 unspecified atom stereocenters. The van der Waals surface area contributed by atoms with Crippen molar-refractivity contribution >= 4 is 11.9 Å². The Balaban J connectivity index is 1.78. The lowest BCUT2D eigenvalue weighted by molar-refractivity contribution is 0.0260. The lowest BCUT2D eigenvalue weighted by Crippen LogP contribution is -2.40. The van der Waals surface area contributed by atoms with Gasteiger partial charge in [-0.15, -0.1) is 0 Å². The molecule has 1 atom stereocenters. The molecule has 0 spiro atoms. The monoisotopic (exact) mass is 342 g/mol. The molecular weight excluding hydrogens is 324 g/mol. The second-order valence-corrected chi connectivity index (χ2v) is 5.52. The summed E-state index contributed by atoms with van der Waals surface area (Å²) >= 11 is 0. The summed E-state index contributed by atoms with van der Waals surface area (Å²) in [6, 6.07) is 10.5. The second kappa shape index (κ2) is 6.82. The van der Waals surface area contributed by atoms with Crippen molar-refractivity contribution in [3.63, 3.8) is 0 Å². The number of ether oxygens (including phenoxy) is 3. The maximum Gasteiger partial charge on any atom is 0.344 e. The minimum Gasteiger partial charge on any atom is -0.493 e. The van der Waals surface area contributed by atoms with Crippen molar-refractivity contribution in [1.29, 1.82) is 0 Å². The number of carbonyl (C=O) groups is 2. The molecule has 0 saturated carbocycles. The number of hydrazine groups is 1. The van der Waals surface area contributed by atoms with Crippen LogP contribution < -0.4 is 20.3 Å². The largest absolute Gasteiger partial charge is 0.493 e. The molecule has 0 saturated heterocycles. The quantitative estimate of drug-likeness (QED) is 0.639. The fraction of sp³-hybridized carbons (Fsp3) is 0.222. The predicted molar refractivity (Wildman–Crippen MR) is 89.5 cm³/mol. The number of carbonyl (C=O) groups excluding carboxylic acids is 2. The number of esters is 1.